The summed E-state index contributed by atoms with van der Waals surface area (Å²) in [6.07, 6.45) is 0. The van der Waals surface area contributed by atoms with E-state index in [0.717, 1.165) is 24.2 Å². The summed E-state index contributed by atoms with van der Waals surface area (Å²) in [5, 5.41) is 0. The molecule has 0 aromatic carbocycles. The van der Waals surface area contributed by atoms with Crippen molar-refractivity contribution < 1.29 is 4.74 Å². The zero-order chi connectivity index (χ0) is 10.1. The molecule has 13 heavy (non-hydrogen) atoms. The molecule has 0 aliphatic carbocycles. The van der Waals surface area contributed by atoms with Gasteiger partial charge in [0.1, 0.15) is 0 Å². The van der Waals surface area contributed by atoms with E-state index in [1.54, 1.807) is 0 Å². The first-order valence-corrected chi connectivity index (χ1v) is 5.44. The topological polar surface area (TPSA) is 12.5 Å². The van der Waals surface area contributed by atoms with Crippen LogP contribution in [-0.2, 0) is 4.74 Å². The lowest BCUT2D eigenvalue weighted by Gasteiger charge is -2.44. The van der Waals surface area contributed by atoms with Gasteiger partial charge in [-0.25, -0.2) is 0 Å². The lowest BCUT2D eigenvalue weighted by molar-refractivity contribution is -0.118. The van der Waals surface area contributed by atoms with Gasteiger partial charge in [0.05, 0.1) is 12.2 Å². The molecule has 0 spiro atoms. The molecule has 1 fully saturated rings. The van der Waals surface area contributed by atoms with Crippen molar-refractivity contribution in [3.63, 3.8) is 0 Å². The van der Waals surface area contributed by atoms with Crippen LogP contribution in [0.3, 0.4) is 0 Å². The van der Waals surface area contributed by atoms with Gasteiger partial charge in [-0.1, -0.05) is 22.5 Å². The molecule has 1 aliphatic rings. The van der Waals surface area contributed by atoms with Gasteiger partial charge in [-0.3, -0.25) is 4.90 Å². The molecule has 0 bridgehead atoms. The summed E-state index contributed by atoms with van der Waals surface area (Å²) in [5.41, 5.74) is -0.0410. The standard InChI is InChI=1S/C10H18BrNO/c1-8(11)7-12-5-6-13-10(3,4)9(12)2/h9H,1,5-7H2,2-4H3. The van der Waals surface area contributed by atoms with E-state index in [4.69, 9.17) is 4.74 Å². The predicted octanol–water partition coefficient (Wildman–Crippen LogP) is 2.39. The Balaban J connectivity index is 2.60. The Labute approximate surface area is 89.1 Å². The van der Waals surface area contributed by atoms with E-state index in [1.165, 1.54) is 0 Å². The first kappa shape index (κ1) is 11.2. The van der Waals surface area contributed by atoms with Crippen molar-refractivity contribution in [1.82, 2.24) is 4.90 Å². The summed E-state index contributed by atoms with van der Waals surface area (Å²) in [7, 11) is 0. The SMILES string of the molecule is C=C(Br)CN1CCOC(C)(C)C1C. The van der Waals surface area contributed by atoms with Crippen LogP contribution in [0.15, 0.2) is 11.1 Å². The van der Waals surface area contributed by atoms with Crippen molar-refractivity contribution in [1.29, 1.82) is 0 Å². The van der Waals surface area contributed by atoms with Crippen molar-refractivity contribution in [2.24, 2.45) is 0 Å². The van der Waals surface area contributed by atoms with Crippen molar-refractivity contribution in [2.75, 3.05) is 19.7 Å². The highest BCUT2D eigenvalue weighted by Crippen LogP contribution is 2.25. The molecule has 1 unspecified atom stereocenters. The molecule has 0 aromatic heterocycles. The second-order valence-electron chi connectivity index (χ2n) is 4.12. The zero-order valence-electron chi connectivity index (χ0n) is 8.64. The summed E-state index contributed by atoms with van der Waals surface area (Å²) in [5.74, 6) is 0. The summed E-state index contributed by atoms with van der Waals surface area (Å²) in [6, 6.07) is 0.440. The largest absolute Gasteiger partial charge is 0.373 e. The molecule has 2 nitrogen and oxygen atoms in total. The van der Waals surface area contributed by atoms with Crippen LogP contribution < -0.4 is 0 Å². The second kappa shape index (κ2) is 4.11. The number of ether oxygens (including phenoxy) is 1. The fourth-order valence-electron chi connectivity index (χ4n) is 1.62. The molecule has 1 rings (SSSR count). The van der Waals surface area contributed by atoms with Gasteiger partial charge in [0.25, 0.3) is 0 Å². The van der Waals surface area contributed by atoms with Crippen molar-refractivity contribution >= 4 is 15.9 Å². The molecule has 1 heterocycles. The van der Waals surface area contributed by atoms with E-state index in [9.17, 15) is 0 Å². The van der Waals surface area contributed by atoms with E-state index >= 15 is 0 Å². The summed E-state index contributed by atoms with van der Waals surface area (Å²) in [6.45, 7) is 13.1. The molecule has 1 saturated heterocycles. The molecule has 3 heteroatoms. The van der Waals surface area contributed by atoms with E-state index in [1.807, 2.05) is 0 Å². The third-order valence-corrected chi connectivity index (χ3v) is 3.03. The quantitative estimate of drug-likeness (QED) is 0.744. The third kappa shape index (κ3) is 2.79. The molecule has 0 aromatic rings. The molecular formula is C10H18BrNO. The van der Waals surface area contributed by atoms with Crippen LogP contribution in [0.5, 0.6) is 0 Å². The summed E-state index contributed by atoms with van der Waals surface area (Å²) >= 11 is 3.40. The molecule has 76 valence electrons. The monoisotopic (exact) mass is 247 g/mol. The maximum atomic E-state index is 5.70. The van der Waals surface area contributed by atoms with Crippen molar-refractivity contribution in [3.05, 3.63) is 11.1 Å². The Morgan fingerprint density at radius 3 is 2.85 bits per heavy atom. The molecule has 0 amide bonds. The van der Waals surface area contributed by atoms with Gasteiger partial charge in [-0.15, -0.1) is 0 Å². The van der Waals surface area contributed by atoms with Gasteiger partial charge in [-0.2, -0.15) is 0 Å². The van der Waals surface area contributed by atoms with Crippen LogP contribution in [0.25, 0.3) is 0 Å². The molecule has 1 aliphatic heterocycles. The Hall–Kier alpha value is 0.140. The number of nitrogens with zero attached hydrogens (tertiary/aromatic N) is 1. The van der Waals surface area contributed by atoms with Crippen LogP contribution in [0.2, 0.25) is 0 Å². The Bertz CT molecular complexity index is 203. The number of rotatable bonds is 2. The first-order valence-electron chi connectivity index (χ1n) is 4.65. The van der Waals surface area contributed by atoms with Gasteiger partial charge >= 0.3 is 0 Å². The highest BCUT2D eigenvalue weighted by Gasteiger charge is 2.34. The van der Waals surface area contributed by atoms with Crippen LogP contribution >= 0.6 is 15.9 Å². The summed E-state index contributed by atoms with van der Waals surface area (Å²) in [4.78, 5) is 2.39. The molecule has 1 atom stereocenters. The average Bonchev–Trinajstić information content (AvgIpc) is 1.98. The van der Waals surface area contributed by atoms with Crippen LogP contribution in [0.4, 0.5) is 0 Å². The van der Waals surface area contributed by atoms with Crippen LogP contribution in [0, 0.1) is 0 Å². The Morgan fingerprint density at radius 1 is 1.69 bits per heavy atom. The van der Waals surface area contributed by atoms with Crippen LogP contribution in [-0.4, -0.2) is 36.2 Å². The Morgan fingerprint density at radius 2 is 2.31 bits per heavy atom. The fourth-order valence-corrected chi connectivity index (χ4v) is 1.94. The van der Waals surface area contributed by atoms with Crippen molar-refractivity contribution in [2.45, 2.75) is 32.4 Å². The maximum Gasteiger partial charge on any atom is 0.0779 e. The Kier molecular flexibility index (Phi) is 3.55. The third-order valence-electron chi connectivity index (χ3n) is 2.78. The van der Waals surface area contributed by atoms with Crippen molar-refractivity contribution in [3.8, 4) is 0 Å². The summed E-state index contributed by atoms with van der Waals surface area (Å²) < 4.78 is 6.74. The first-order chi connectivity index (χ1) is 5.93. The van der Waals surface area contributed by atoms with E-state index in [0.29, 0.717) is 6.04 Å². The predicted molar refractivity (Wildman–Crippen MR) is 59.1 cm³/mol. The minimum atomic E-state index is -0.0410. The number of morpholine rings is 1. The maximum absolute atomic E-state index is 5.70. The van der Waals surface area contributed by atoms with Gasteiger partial charge in [-0.05, 0) is 20.8 Å². The highest BCUT2D eigenvalue weighted by atomic mass is 79.9. The number of hydrogen-bond donors (Lipinski definition) is 0. The second-order valence-corrected chi connectivity index (χ2v) is 5.24. The van der Waals surface area contributed by atoms with E-state index < -0.39 is 0 Å². The van der Waals surface area contributed by atoms with Gasteiger partial charge < -0.3 is 4.74 Å². The van der Waals surface area contributed by atoms with Gasteiger partial charge in [0, 0.05) is 23.6 Å². The number of hydrogen-bond acceptors (Lipinski definition) is 2. The van der Waals surface area contributed by atoms with E-state index in [-0.39, 0.29) is 5.60 Å². The average molecular weight is 248 g/mol. The molecule has 0 N–H and O–H groups in total. The fraction of sp³-hybridized carbons (Fsp3) is 0.800. The molecule has 0 saturated carbocycles. The molecule has 0 radical (unpaired) electrons. The normalized spacial score (nSPS) is 28.8. The minimum absolute atomic E-state index is 0.0410. The number of halogens is 1. The lowest BCUT2D eigenvalue weighted by Crippen LogP contribution is -2.55. The van der Waals surface area contributed by atoms with Gasteiger partial charge in [0.15, 0.2) is 0 Å². The lowest BCUT2D eigenvalue weighted by atomic mass is 9.97. The molecular weight excluding hydrogens is 230 g/mol. The van der Waals surface area contributed by atoms with E-state index in [2.05, 4.69) is 48.2 Å². The van der Waals surface area contributed by atoms with Crippen LogP contribution in [0.1, 0.15) is 20.8 Å². The smallest absolute Gasteiger partial charge is 0.0779 e. The highest BCUT2D eigenvalue weighted by molar-refractivity contribution is 9.11. The minimum Gasteiger partial charge on any atom is -0.373 e. The zero-order valence-corrected chi connectivity index (χ0v) is 10.2. The van der Waals surface area contributed by atoms with Gasteiger partial charge in [0.2, 0.25) is 0 Å².